The van der Waals surface area contributed by atoms with Gasteiger partial charge in [0.2, 0.25) is 0 Å². The van der Waals surface area contributed by atoms with Crippen molar-refractivity contribution < 1.29 is 0 Å². The minimum Gasteiger partial charge on any atom is -0.330 e. The molecule has 1 saturated carbocycles. The van der Waals surface area contributed by atoms with Crippen molar-refractivity contribution in [2.45, 2.75) is 25.3 Å². The lowest BCUT2D eigenvalue weighted by Gasteiger charge is -2.06. The van der Waals surface area contributed by atoms with Gasteiger partial charge >= 0.3 is 0 Å². The Morgan fingerprint density at radius 1 is 1.44 bits per heavy atom. The Morgan fingerprint density at radius 2 is 2.25 bits per heavy atom. The number of imidazole rings is 1. The van der Waals surface area contributed by atoms with Crippen LogP contribution >= 0.6 is 11.6 Å². The Hall–Kier alpha value is -1.06. The van der Waals surface area contributed by atoms with Crippen LogP contribution in [-0.2, 0) is 6.42 Å². The summed E-state index contributed by atoms with van der Waals surface area (Å²) in [5.41, 5.74) is 7.69. The summed E-state index contributed by atoms with van der Waals surface area (Å²) < 4.78 is 2.31. The topological polar surface area (TPSA) is 43.8 Å². The van der Waals surface area contributed by atoms with Gasteiger partial charge in [-0.2, -0.15) is 0 Å². The largest absolute Gasteiger partial charge is 0.330 e. The molecule has 0 atom stereocenters. The average molecular weight is 236 g/mol. The van der Waals surface area contributed by atoms with Gasteiger partial charge in [-0.1, -0.05) is 17.7 Å². The predicted octanol–water partition coefficient (Wildman–Crippen LogP) is 2.53. The monoisotopic (exact) mass is 235 g/mol. The molecule has 1 fully saturated rings. The molecule has 1 aromatic carbocycles. The maximum atomic E-state index is 6.16. The molecule has 0 spiro atoms. The van der Waals surface area contributed by atoms with Gasteiger partial charge in [0.25, 0.3) is 0 Å². The van der Waals surface area contributed by atoms with Crippen LogP contribution in [0, 0.1) is 0 Å². The van der Waals surface area contributed by atoms with E-state index in [2.05, 4.69) is 15.6 Å². The van der Waals surface area contributed by atoms with E-state index in [1.54, 1.807) is 0 Å². The molecule has 0 amide bonds. The number of hydrogen-bond donors (Lipinski definition) is 1. The van der Waals surface area contributed by atoms with Gasteiger partial charge < -0.3 is 10.3 Å². The van der Waals surface area contributed by atoms with Gasteiger partial charge in [0, 0.05) is 12.5 Å². The first kappa shape index (κ1) is 10.1. The number of nitrogens with two attached hydrogens (primary N) is 1. The van der Waals surface area contributed by atoms with Crippen LogP contribution in [0.4, 0.5) is 0 Å². The fraction of sp³-hybridized carbons (Fsp3) is 0.417. The normalized spacial score (nSPS) is 15.9. The molecule has 1 aromatic heterocycles. The van der Waals surface area contributed by atoms with Crippen LogP contribution in [0.3, 0.4) is 0 Å². The standard InChI is InChI=1S/C12H14ClN3/c13-9-2-1-3-10-12(9)15-11(6-7-14)16(10)8-4-5-8/h1-3,8H,4-7,14H2. The van der Waals surface area contributed by atoms with E-state index in [0.717, 1.165) is 28.3 Å². The minimum atomic E-state index is 0.616. The summed E-state index contributed by atoms with van der Waals surface area (Å²) in [5, 5.41) is 0.732. The third kappa shape index (κ3) is 1.51. The van der Waals surface area contributed by atoms with Gasteiger partial charge in [-0.25, -0.2) is 4.98 Å². The molecule has 4 heteroatoms. The van der Waals surface area contributed by atoms with Crippen molar-refractivity contribution in [1.29, 1.82) is 0 Å². The molecule has 2 N–H and O–H groups in total. The maximum Gasteiger partial charge on any atom is 0.111 e. The number of halogens is 1. The number of hydrogen-bond acceptors (Lipinski definition) is 2. The molecule has 3 nitrogen and oxygen atoms in total. The number of aromatic nitrogens is 2. The fourth-order valence-corrected chi connectivity index (χ4v) is 2.39. The van der Waals surface area contributed by atoms with Crippen molar-refractivity contribution in [2.75, 3.05) is 6.54 Å². The third-order valence-corrected chi connectivity index (χ3v) is 3.33. The third-order valence-electron chi connectivity index (χ3n) is 3.02. The summed E-state index contributed by atoms with van der Waals surface area (Å²) in [6.45, 7) is 0.633. The fourth-order valence-electron chi connectivity index (χ4n) is 2.18. The molecular weight excluding hydrogens is 222 g/mol. The van der Waals surface area contributed by atoms with Gasteiger partial charge in [-0.05, 0) is 31.5 Å². The van der Waals surface area contributed by atoms with E-state index < -0.39 is 0 Å². The van der Waals surface area contributed by atoms with Gasteiger partial charge in [0.1, 0.15) is 11.3 Å². The van der Waals surface area contributed by atoms with E-state index >= 15 is 0 Å². The summed E-state index contributed by atoms with van der Waals surface area (Å²) in [4.78, 5) is 4.61. The first-order valence-electron chi connectivity index (χ1n) is 5.66. The summed E-state index contributed by atoms with van der Waals surface area (Å²) in [6.07, 6.45) is 3.31. The van der Waals surface area contributed by atoms with Gasteiger partial charge in [-0.15, -0.1) is 0 Å². The van der Waals surface area contributed by atoms with Crippen molar-refractivity contribution in [3.05, 3.63) is 29.0 Å². The molecule has 0 radical (unpaired) electrons. The lowest BCUT2D eigenvalue weighted by molar-refractivity contribution is 0.696. The number of rotatable bonds is 3. The summed E-state index contributed by atoms with van der Waals surface area (Å²) in [7, 11) is 0. The average Bonchev–Trinajstić information content (AvgIpc) is 3.02. The first-order chi connectivity index (χ1) is 7.81. The van der Waals surface area contributed by atoms with E-state index in [1.165, 1.54) is 12.8 Å². The van der Waals surface area contributed by atoms with E-state index in [4.69, 9.17) is 17.3 Å². The molecule has 0 aliphatic heterocycles. The van der Waals surface area contributed by atoms with Crippen molar-refractivity contribution in [3.8, 4) is 0 Å². The lowest BCUT2D eigenvalue weighted by atomic mass is 10.3. The highest BCUT2D eigenvalue weighted by Crippen LogP contribution is 2.39. The van der Waals surface area contributed by atoms with Crippen LogP contribution in [0.1, 0.15) is 24.7 Å². The van der Waals surface area contributed by atoms with E-state index in [1.807, 2.05) is 12.1 Å². The van der Waals surface area contributed by atoms with E-state index in [-0.39, 0.29) is 0 Å². The SMILES string of the molecule is NCCc1nc2c(Cl)cccc2n1C1CC1. The van der Waals surface area contributed by atoms with Crippen LogP contribution in [-0.4, -0.2) is 16.1 Å². The Labute approximate surface area is 99.2 Å². The van der Waals surface area contributed by atoms with Gasteiger partial charge in [-0.3, -0.25) is 0 Å². The van der Waals surface area contributed by atoms with Crippen LogP contribution < -0.4 is 5.73 Å². The number of fused-ring (bicyclic) bond motifs is 1. The number of para-hydroxylation sites is 1. The minimum absolute atomic E-state index is 0.616. The van der Waals surface area contributed by atoms with Crippen LogP contribution in [0.25, 0.3) is 11.0 Å². The smallest absolute Gasteiger partial charge is 0.111 e. The molecule has 84 valence electrons. The van der Waals surface area contributed by atoms with E-state index in [0.29, 0.717) is 12.6 Å². The molecule has 1 aliphatic rings. The van der Waals surface area contributed by atoms with Crippen molar-refractivity contribution in [2.24, 2.45) is 5.73 Å². The zero-order valence-electron chi connectivity index (χ0n) is 8.99. The van der Waals surface area contributed by atoms with E-state index in [9.17, 15) is 0 Å². The Morgan fingerprint density at radius 3 is 2.94 bits per heavy atom. The van der Waals surface area contributed by atoms with Crippen molar-refractivity contribution in [1.82, 2.24) is 9.55 Å². The van der Waals surface area contributed by atoms with Gasteiger partial charge in [0.05, 0.1) is 10.5 Å². The number of benzene rings is 1. The molecule has 1 heterocycles. The second-order valence-electron chi connectivity index (χ2n) is 4.28. The second kappa shape index (κ2) is 3.75. The highest BCUT2D eigenvalue weighted by Gasteiger charge is 2.28. The van der Waals surface area contributed by atoms with Crippen molar-refractivity contribution >= 4 is 22.6 Å². The lowest BCUT2D eigenvalue weighted by Crippen LogP contribution is -2.09. The molecule has 0 bridgehead atoms. The molecule has 2 aromatic rings. The predicted molar refractivity (Wildman–Crippen MR) is 65.8 cm³/mol. The van der Waals surface area contributed by atoms with Gasteiger partial charge in [0.15, 0.2) is 0 Å². The zero-order valence-corrected chi connectivity index (χ0v) is 9.74. The van der Waals surface area contributed by atoms with Crippen LogP contribution in [0.15, 0.2) is 18.2 Å². The molecule has 1 aliphatic carbocycles. The molecule has 16 heavy (non-hydrogen) atoms. The molecule has 0 unspecified atom stereocenters. The molecule has 0 saturated heterocycles. The Bertz CT molecular complexity index is 528. The Kier molecular flexibility index (Phi) is 2.37. The van der Waals surface area contributed by atoms with Crippen LogP contribution in [0.2, 0.25) is 5.02 Å². The zero-order chi connectivity index (χ0) is 11.1. The highest BCUT2D eigenvalue weighted by molar-refractivity contribution is 6.34. The maximum absolute atomic E-state index is 6.16. The quantitative estimate of drug-likeness (QED) is 0.889. The summed E-state index contributed by atoms with van der Waals surface area (Å²) in [5.74, 6) is 1.08. The number of nitrogens with zero attached hydrogens (tertiary/aromatic N) is 2. The molecular formula is C12H14ClN3. The highest BCUT2D eigenvalue weighted by atomic mass is 35.5. The molecule has 3 rings (SSSR count). The second-order valence-corrected chi connectivity index (χ2v) is 4.68. The van der Waals surface area contributed by atoms with Crippen LogP contribution in [0.5, 0.6) is 0 Å². The first-order valence-corrected chi connectivity index (χ1v) is 6.04. The summed E-state index contributed by atoms with van der Waals surface area (Å²) in [6, 6.07) is 6.58. The Balaban J connectivity index is 2.24. The van der Waals surface area contributed by atoms with Crippen molar-refractivity contribution in [3.63, 3.8) is 0 Å². The summed E-state index contributed by atoms with van der Waals surface area (Å²) >= 11 is 6.16.